The molecule has 0 aliphatic heterocycles. The summed E-state index contributed by atoms with van der Waals surface area (Å²) < 4.78 is 0. The summed E-state index contributed by atoms with van der Waals surface area (Å²) in [4.78, 5) is 10.5. The fourth-order valence-corrected chi connectivity index (χ4v) is 1.70. The van der Waals surface area contributed by atoms with Crippen LogP contribution in [0.4, 0.5) is 11.5 Å². The van der Waals surface area contributed by atoms with Gasteiger partial charge in [0.1, 0.15) is 5.82 Å². The monoisotopic (exact) mass is 228 g/mol. The highest BCUT2D eigenvalue weighted by Gasteiger charge is 2.03. The maximum absolute atomic E-state index is 5.66. The summed E-state index contributed by atoms with van der Waals surface area (Å²) in [5.74, 6) is 0.534. The average molecular weight is 228 g/mol. The molecule has 0 radical (unpaired) electrons. The summed E-state index contributed by atoms with van der Waals surface area (Å²) in [6.07, 6.45) is 1.71. The van der Waals surface area contributed by atoms with Crippen LogP contribution in [0.15, 0.2) is 36.5 Å². The quantitative estimate of drug-likeness (QED) is 0.873. The molecular formula is C13H16N4. The summed E-state index contributed by atoms with van der Waals surface area (Å²) in [6, 6.07) is 9.83. The van der Waals surface area contributed by atoms with Crippen molar-refractivity contribution in [3.8, 4) is 0 Å². The minimum Gasteiger partial charge on any atom is -0.384 e. The zero-order valence-corrected chi connectivity index (χ0v) is 10.1. The lowest BCUT2D eigenvalue weighted by Crippen LogP contribution is -2.17. The number of rotatable bonds is 3. The second-order valence-electron chi connectivity index (χ2n) is 4.07. The molecule has 0 saturated carbocycles. The third-order valence-electron chi connectivity index (χ3n) is 2.55. The molecule has 0 aliphatic carbocycles. The SMILES string of the molecule is Cc1cccc(CN(C)c2ccnc(N)c2)n1. The van der Waals surface area contributed by atoms with Gasteiger partial charge in [0.2, 0.25) is 0 Å². The van der Waals surface area contributed by atoms with E-state index in [4.69, 9.17) is 5.73 Å². The highest BCUT2D eigenvalue weighted by Crippen LogP contribution is 2.15. The fraction of sp³-hybridized carbons (Fsp3) is 0.231. The van der Waals surface area contributed by atoms with E-state index in [1.54, 1.807) is 6.20 Å². The molecule has 4 heteroatoms. The first kappa shape index (κ1) is 11.4. The van der Waals surface area contributed by atoms with Crippen LogP contribution >= 0.6 is 0 Å². The van der Waals surface area contributed by atoms with Crippen LogP contribution in [0.1, 0.15) is 11.4 Å². The van der Waals surface area contributed by atoms with Crippen LogP contribution in [0.25, 0.3) is 0 Å². The molecule has 2 rings (SSSR count). The van der Waals surface area contributed by atoms with Crippen LogP contribution in [0.3, 0.4) is 0 Å². The maximum Gasteiger partial charge on any atom is 0.125 e. The predicted molar refractivity (Wildman–Crippen MR) is 69.7 cm³/mol. The number of nitrogens with two attached hydrogens (primary N) is 1. The number of aryl methyl sites for hydroxylation is 1. The van der Waals surface area contributed by atoms with Crippen molar-refractivity contribution in [1.29, 1.82) is 0 Å². The summed E-state index contributed by atoms with van der Waals surface area (Å²) >= 11 is 0. The lowest BCUT2D eigenvalue weighted by molar-refractivity contribution is 0.876. The average Bonchev–Trinajstić information content (AvgIpc) is 2.29. The summed E-state index contributed by atoms with van der Waals surface area (Å²) in [7, 11) is 2.01. The second-order valence-corrected chi connectivity index (χ2v) is 4.07. The first-order valence-electron chi connectivity index (χ1n) is 5.50. The van der Waals surface area contributed by atoms with E-state index in [0.29, 0.717) is 5.82 Å². The van der Waals surface area contributed by atoms with Gasteiger partial charge in [-0.2, -0.15) is 0 Å². The van der Waals surface area contributed by atoms with E-state index in [2.05, 4.69) is 14.9 Å². The van der Waals surface area contributed by atoms with Crippen molar-refractivity contribution < 1.29 is 0 Å². The van der Waals surface area contributed by atoms with Crippen molar-refractivity contribution in [1.82, 2.24) is 9.97 Å². The number of hydrogen-bond acceptors (Lipinski definition) is 4. The van der Waals surface area contributed by atoms with Crippen LogP contribution < -0.4 is 10.6 Å². The highest BCUT2D eigenvalue weighted by molar-refractivity contribution is 5.51. The van der Waals surface area contributed by atoms with Crippen molar-refractivity contribution in [2.24, 2.45) is 0 Å². The van der Waals surface area contributed by atoms with E-state index < -0.39 is 0 Å². The van der Waals surface area contributed by atoms with Crippen molar-refractivity contribution in [2.45, 2.75) is 13.5 Å². The van der Waals surface area contributed by atoms with Gasteiger partial charge in [0.15, 0.2) is 0 Å². The molecule has 2 N–H and O–H groups in total. The Labute approximate surface area is 101 Å². The van der Waals surface area contributed by atoms with Gasteiger partial charge in [0.05, 0.1) is 12.2 Å². The molecule has 2 heterocycles. The molecule has 4 nitrogen and oxygen atoms in total. The summed E-state index contributed by atoms with van der Waals surface area (Å²) in [6.45, 7) is 2.75. The lowest BCUT2D eigenvalue weighted by atomic mass is 10.3. The first-order chi connectivity index (χ1) is 8.15. The lowest BCUT2D eigenvalue weighted by Gasteiger charge is -2.19. The van der Waals surface area contributed by atoms with Gasteiger partial charge < -0.3 is 10.6 Å². The Morgan fingerprint density at radius 1 is 1.29 bits per heavy atom. The van der Waals surface area contributed by atoms with Gasteiger partial charge in [-0.1, -0.05) is 6.07 Å². The van der Waals surface area contributed by atoms with Crippen molar-refractivity contribution in [3.05, 3.63) is 47.9 Å². The van der Waals surface area contributed by atoms with E-state index in [-0.39, 0.29) is 0 Å². The number of anilines is 2. The van der Waals surface area contributed by atoms with Crippen molar-refractivity contribution in [3.63, 3.8) is 0 Å². The van der Waals surface area contributed by atoms with Crippen molar-refractivity contribution in [2.75, 3.05) is 17.7 Å². The van der Waals surface area contributed by atoms with Gasteiger partial charge in [0, 0.05) is 30.7 Å². The topological polar surface area (TPSA) is 55.0 Å². The molecule has 0 fully saturated rings. The smallest absolute Gasteiger partial charge is 0.125 e. The predicted octanol–water partition coefficient (Wildman–Crippen LogP) is 2.00. The Bertz CT molecular complexity index is 510. The number of hydrogen-bond donors (Lipinski definition) is 1. The minimum absolute atomic E-state index is 0.534. The molecule has 0 amide bonds. The van der Waals surface area contributed by atoms with Gasteiger partial charge in [-0.05, 0) is 25.1 Å². The summed E-state index contributed by atoms with van der Waals surface area (Å²) in [5, 5.41) is 0. The Hall–Kier alpha value is -2.10. The summed E-state index contributed by atoms with van der Waals surface area (Å²) in [5.41, 5.74) is 8.78. The maximum atomic E-state index is 5.66. The number of nitrogen functional groups attached to an aromatic ring is 1. The third-order valence-corrected chi connectivity index (χ3v) is 2.55. The normalized spacial score (nSPS) is 10.2. The molecule has 0 atom stereocenters. The van der Waals surface area contributed by atoms with Crippen LogP contribution in [-0.2, 0) is 6.54 Å². The Balaban J connectivity index is 2.14. The minimum atomic E-state index is 0.534. The molecule has 0 unspecified atom stereocenters. The molecule has 88 valence electrons. The van der Waals surface area contributed by atoms with Crippen molar-refractivity contribution >= 4 is 11.5 Å². The Kier molecular flexibility index (Phi) is 3.23. The number of nitrogens with zero attached hydrogens (tertiary/aromatic N) is 3. The van der Waals surface area contributed by atoms with Gasteiger partial charge in [-0.25, -0.2) is 4.98 Å². The molecule has 2 aromatic rings. The zero-order valence-electron chi connectivity index (χ0n) is 10.1. The highest BCUT2D eigenvalue weighted by atomic mass is 15.1. The largest absolute Gasteiger partial charge is 0.384 e. The zero-order chi connectivity index (χ0) is 12.3. The van der Waals surface area contributed by atoms with E-state index in [1.807, 2.05) is 44.3 Å². The third kappa shape index (κ3) is 2.93. The van der Waals surface area contributed by atoms with E-state index >= 15 is 0 Å². The van der Waals surface area contributed by atoms with Crippen LogP contribution in [-0.4, -0.2) is 17.0 Å². The van der Waals surface area contributed by atoms with Crippen LogP contribution in [0.2, 0.25) is 0 Å². The van der Waals surface area contributed by atoms with E-state index in [0.717, 1.165) is 23.6 Å². The molecule has 0 saturated heterocycles. The van der Waals surface area contributed by atoms with Crippen LogP contribution in [0.5, 0.6) is 0 Å². The standard InChI is InChI=1S/C13H16N4/c1-10-4-3-5-11(16-10)9-17(2)12-6-7-15-13(14)8-12/h3-8H,9H2,1-2H3,(H2,14,15). The van der Waals surface area contributed by atoms with E-state index in [9.17, 15) is 0 Å². The Morgan fingerprint density at radius 2 is 2.12 bits per heavy atom. The molecule has 0 aliphatic rings. The molecule has 2 aromatic heterocycles. The van der Waals surface area contributed by atoms with Gasteiger partial charge >= 0.3 is 0 Å². The molecule has 17 heavy (non-hydrogen) atoms. The second kappa shape index (κ2) is 4.82. The van der Waals surface area contributed by atoms with E-state index in [1.165, 1.54) is 0 Å². The van der Waals surface area contributed by atoms with Gasteiger partial charge in [-0.15, -0.1) is 0 Å². The number of pyridine rings is 2. The molecule has 0 bridgehead atoms. The fourth-order valence-electron chi connectivity index (χ4n) is 1.70. The molecular weight excluding hydrogens is 212 g/mol. The molecule has 0 aromatic carbocycles. The Morgan fingerprint density at radius 3 is 2.82 bits per heavy atom. The van der Waals surface area contributed by atoms with Crippen LogP contribution in [0, 0.1) is 6.92 Å². The van der Waals surface area contributed by atoms with Gasteiger partial charge in [-0.3, -0.25) is 4.98 Å². The number of aromatic nitrogens is 2. The van der Waals surface area contributed by atoms with Gasteiger partial charge in [0.25, 0.3) is 0 Å². The molecule has 0 spiro atoms. The first-order valence-corrected chi connectivity index (χ1v) is 5.50.